The van der Waals surface area contributed by atoms with Gasteiger partial charge in [0.1, 0.15) is 0 Å². The van der Waals surface area contributed by atoms with Gasteiger partial charge in [-0.3, -0.25) is 0 Å². The Kier molecular flexibility index (Phi) is 10.2. The Hall–Kier alpha value is -5.22. The molecule has 0 spiro atoms. The molecule has 2 atom stereocenters. The van der Waals surface area contributed by atoms with E-state index in [-0.39, 0.29) is 44.7 Å². The summed E-state index contributed by atoms with van der Waals surface area (Å²) in [7, 11) is 0. The van der Waals surface area contributed by atoms with E-state index in [1.165, 1.54) is 114 Å². The molecular weight excluding hydrogens is 822 g/mol. The van der Waals surface area contributed by atoms with Crippen LogP contribution < -0.4 is 31.1 Å². The number of fused-ring (bicyclic) bond motifs is 7. The van der Waals surface area contributed by atoms with E-state index in [1.807, 2.05) is 0 Å². The Morgan fingerprint density at radius 2 is 0.912 bits per heavy atom. The van der Waals surface area contributed by atoms with Crippen LogP contribution in [-0.4, -0.2) is 12.3 Å². The Labute approximate surface area is 411 Å². The molecule has 0 bridgehead atoms. The zero-order chi connectivity index (χ0) is 49.1. The summed E-state index contributed by atoms with van der Waals surface area (Å²) in [6.45, 7) is 42.7. The third-order valence-corrected chi connectivity index (χ3v) is 17.1. The van der Waals surface area contributed by atoms with E-state index in [0.717, 1.165) is 6.42 Å². The summed E-state index contributed by atoms with van der Waals surface area (Å²) in [4.78, 5) is 8.05. The topological polar surface area (TPSA) is 9.72 Å². The monoisotopic (exact) mass is 900 g/mol. The molecule has 0 radical (unpaired) electrons. The van der Waals surface area contributed by atoms with Crippen molar-refractivity contribution in [3.8, 4) is 0 Å². The summed E-state index contributed by atoms with van der Waals surface area (Å²) in [6.07, 6.45) is 3.60. The molecule has 0 aromatic heterocycles. The molecule has 352 valence electrons. The highest BCUT2D eigenvalue weighted by Gasteiger charge is 2.60. The molecule has 10 rings (SSSR count). The molecule has 4 heteroatoms. The number of aryl methyl sites for hydroxylation is 1. The number of hydrogen-bond donors (Lipinski definition) is 0. The molecule has 68 heavy (non-hydrogen) atoms. The number of benzene rings is 6. The lowest BCUT2D eigenvalue weighted by Gasteiger charge is -2.46. The van der Waals surface area contributed by atoms with Crippen molar-refractivity contribution in [1.29, 1.82) is 0 Å². The summed E-state index contributed by atoms with van der Waals surface area (Å²) in [5, 5.41) is 0. The first-order chi connectivity index (χ1) is 31.5. The second-order valence-corrected chi connectivity index (χ2v) is 26.9. The first-order valence-corrected chi connectivity index (χ1v) is 25.8. The molecule has 0 amide bonds. The Balaban J connectivity index is 1.29. The second-order valence-electron chi connectivity index (χ2n) is 26.9. The van der Waals surface area contributed by atoms with Crippen molar-refractivity contribution < 1.29 is 0 Å². The zero-order valence-electron chi connectivity index (χ0n) is 44.9. The molecule has 4 aliphatic rings. The fraction of sp³-hybridized carbons (Fsp3) is 0.438. The van der Waals surface area contributed by atoms with Crippen molar-refractivity contribution in [2.45, 2.75) is 182 Å². The molecule has 6 aromatic carbocycles. The van der Waals surface area contributed by atoms with Gasteiger partial charge in [0, 0.05) is 50.9 Å². The molecule has 3 aliphatic heterocycles. The Morgan fingerprint density at radius 3 is 1.49 bits per heavy atom. The van der Waals surface area contributed by atoms with Crippen molar-refractivity contribution in [3.63, 3.8) is 0 Å². The summed E-state index contributed by atoms with van der Waals surface area (Å²) < 4.78 is 0. The van der Waals surface area contributed by atoms with Crippen LogP contribution in [-0.2, 0) is 32.5 Å². The summed E-state index contributed by atoms with van der Waals surface area (Å²) in [5.41, 5.74) is 24.0. The number of hydrogen-bond acceptors (Lipinski definition) is 3. The lowest BCUT2D eigenvalue weighted by atomic mass is 9.33. The highest BCUT2D eigenvalue weighted by Crippen LogP contribution is 2.63. The Bertz CT molecular complexity index is 3010. The minimum Gasteiger partial charge on any atom is -0.334 e. The van der Waals surface area contributed by atoms with Crippen LogP contribution >= 0.6 is 0 Å². The van der Waals surface area contributed by atoms with Crippen LogP contribution in [0.2, 0.25) is 0 Å². The third kappa shape index (κ3) is 7.03. The average molecular weight is 900 g/mol. The minimum atomic E-state index is -0.106. The third-order valence-electron chi connectivity index (χ3n) is 17.1. The van der Waals surface area contributed by atoms with Crippen LogP contribution in [0, 0.1) is 6.92 Å². The van der Waals surface area contributed by atoms with Gasteiger partial charge in [0.2, 0.25) is 0 Å². The van der Waals surface area contributed by atoms with Gasteiger partial charge in [0.05, 0.1) is 5.54 Å². The van der Waals surface area contributed by atoms with Gasteiger partial charge >= 0.3 is 0 Å². The van der Waals surface area contributed by atoms with Crippen molar-refractivity contribution in [2.24, 2.45) is 0 Å². The first-order valence-electron chi connectivity index (χ1n) is 25.8. The SMILES string of the molecule is Cc1cc(C(C)(C)C)ccc1N1c2ccc(C(C)(C)C)cc2B2c3ccc(N4c5ccc(C(C)(C)C)cc5C5(C)CCCC45C)cc3N(c3ccc(C(C)(C)C)cc3)c3cc(C(C)(C)C)cc1c32. The quantitative estimate of drug-likeness (QED) is 0.164. The molecule has 0 N–H and O–H groups in total. The normalized spacial score (nSPS) is 20.0. The standard InChI is InChI=1S/C64H78BN3/c1-40-34-42(59(5,6)7)22-29-51(40)67-53-31-24-44(61(11,12)13)36-50(53)65-49-28-27-47(68-52-30-23-43(60(8,9)10)35-48(52)63(17)32-19-33-64(63,68)18)39-54(49)66(46-25-20-41(21-26-46)58(2,3)4)55-37-45(62(14,15)16)38-56(67)57(55)65/h20-31,34-39H,19,32-33H2,1-18H3. The predicted octanol–water partition coefficient (Wildman–Crippen LogP) is 15.9. The fourth-order valence-corrected chi connectivity index (χ4v) is 12.5. The fourth-order valence-electron chi connectivity index (χ4n) is 12.5. The number of nitrogens with zero attached hydrogens (tertiary/aromatic N) is 3. The maximum Gasteiger partial charge on any atom is 0.252 e. The van der Waals surface area contributed by atoms with Crippen molar-refractivity contribution in [3.05, 3.63) is 148 Å². The molecule has 0 saturated heterocycles. The van der Waals surface area contributed by atoms with Crippen LogP contribution in [0.15, 0.2) is 109 Å². The van der Waals surface area contributed by atoms with Gasteiger partial charge in [0.15, 0.2) is 0 Å². The summed E-state index contributed by atoms with van der Waals surface area (Å²) in [6, 6.07) is 44.3. The Morgan fingerprint density at radius 1 is 0.412 bits per heavy atom. The van der Waals surface area contributed by atoms with Gasteiger partial charge in [-0.2, -0.15) is 0 Å². The lowest BCUT2D eigenvalue weighted by molar-refractivity contribution is 0.330. The van der Waals surface area contributed by atoms with E-state index in [4.69, 9.17) is 0 Å². The maximum atomic E-state index is 2.77. The van der Waals surface area contributed by atoms with Crippen LogP contribution in [0.1, 0.15) is 176 Å². The van der Waals surface area contributed by atoms with E-state index in [9.17, 15) is 0 Å². The second kappa shape index (κ2) is 14.9. The van der Waals surface area contributed by atoms with Gasteiger partial charge in [-0.05, 0) is 164 Å². The van der Waals surface area contributed by atoms with Crippen LogP contribution in [0.4, 0.5) is 45.5 Å². The molecular formula is C64H78BN3. The van der Waals surface area contributed by atoms with E-state index in [0.29, 0.717) is 0 Å². The van der Waals surface area contributed by atoms with Gasteiger partial charge in [-0.15, -0.1) is 0 Å². The zero-order valence-corrected chi connectivity index (χ0v) is 44.9. The van der Waals surface area contributed by atoms with E-state index >= 15 is 0 Å². The van der Waals surface area contributed by atoms with Crippen LogP contribution in [0.5, 0.6) is 0 Å². The van der Waals surface area contributed by atoms with Crippen LogP contribution in [0.3, 0.4) is 0 Å². The molecule has 3 nitrogen and oxygen atoms in total. The maximum absolute atomic E-state index is 2.77. The van der Waals surface area contributed by atoms with Crippen molar-refractivity contribution >= 4 is 68.6 Å². The smallest absolute Gasteiger partial charge is 0.252 e. The predicted molar refractivity (Wildman–Crippen MR) is 297 cm³/mol. The van der Waals surface area contributed by atoms with E-state index < -0.39 is 0 Å². The molecule has 3 heterocycles. The molecule has 6 aromatic rings. The molecule has 1 saturated carbocycles. The van der Waals surface area contributed by atoms with E-state index in [2.05, 4.69) is 249 Å². The van der Waals surface area contributed by atoms with Gasteiger partial charge in [0.25, 0.3) is 6.71 Å². The van der Waals surface area contributed by atoms with Gasteiger partial charge in [-0.25, -0.2) is 0 Å². The number of rotatable bonds is 3. The average Bonchev–Trinajstić information content (AvgIpc) is 3.65. The van der Waals surface area contributed by atoms with Gasteiger partial charge < -0.3 is 14.7 Å². The largest absolute Gasteiger partial charge is 0.334 e. The van der Waals surface area contributed by atoms with Gasteiger partial charge in [-0.1, -0.05) is 172 Å². The lowest BCUT2D eigenvalue weighted by Crippen LogP contribution is -2.61. The van der Waals surface area contributed by atoms with Crippen LogP contribution in [0.25, 0.3) is 0 Å². The highest BCUT2D eigenvalue weighted by molar-refractivity contribution is 7.00. The first kappa shape index (κ1) is 46.5. The molecule has 2 unspecified atom stereocenters. The summed E-state index contributed by atoms with van der Waals surface area (Å²) >= 11 is 0. The van der Waals surface area contributed by atoms with Crippen molar-refractivity contribution in [1.82, 2.24) is 0 Å². The minimum absolute atomic E-state index is 0.0229. The molecule has 1 fully saturated rings. The highest BCUT2D eigenvalue weighted by atomic mass is 15.3. The number of anilines is 8. The summed E-state index contributed by atoms with van der Waals surface area (Å²) in [5.74, 6) is 0. The van der Waals surface area contributed by atoms with Crippen molar-refractivity contribution in [2.75, 3.05) is 14.7 Å². The molecule has 1 aliphatic carbocycles. The van der Waals surface area contributed by atoms with E-state index in [1.54, 1.807) is 0 Å².